The van der Waals surface area contributed by atoms with Crippen molar-refractivity contribution in [2.24, 2.45) is 5.92 Å². The zero-order chi connectivity index (χ0) is 12.1. The molecule has 0 atom stereocenters. The van der Waals surface area contributed by atoms with Crippen molar-refractivity contribution < 1.29 is 9.53 Å². The van der Waals surface area contributed by atoms with E-state index < -0.39 is 0 Å². The lowest BCUT2D eigenvalue weighted by Crippen LogP contribution is -2.40. The Morgan fingerprint density at radius 1 is 1.18 bits per heavy atom. The SMILES string of the molecule is CC(=O)OCC1(C2CCCCC2)SCCCS1. The second-order valence-electron chi connectivity index (χ2n) is 4.98. The molecule has 0 spiro atoms. The Morgan fingerprint density at radius 3 is 2.41 bits per heavy atom. The van der Waals surface area contributed by atoms with Gasteiger partial charge in [0.2, 0.25) is 0 Å². The van der Waals surface area contributed by atoms with Gasteiger partial charge in [-0.25, -0.2) is 0 Å². The maximum Gasteiger partial charge on any atom is 0.302 e. The fraction of sp³-hybridized carbons (Fsp3) is 0.923. The van der Waals surface area contributed by atoms with Crippen LogP contribution in [0.4, 0.5) is 0 Å². The summed E-state index contributed by atoms with van der Waals surface area (Å²) in [5, 5.41) is 0. The third-order valence-corrected chi connectivity index (χ3v) is 7.26. The van der Waals surface area contributed by atoms with Crippen molar-refractivity contribution in [1.82, 2.24) is 0 Å². The maximum absolute atomic E-state index is 11.1. The number of thioether (sulfide) groups is 2. The van der Waals surface area contributed by atoms with Crippen LogP contribution in [0.3, 0.4) is 0 Å². The Hall–Kier alpha value is 0.170. The van der Waals surface area contributed by atoms with Gasteiger partial charge in [-0.05, 0) is 36.7 Å². The van der Waals surface area contributed by atoms with Crippen LogP contribution in [-0.4, -0.2) is 28.2 Å². The third kappa shape index (κ3) is 3.57. The van der Waals surface area contributed by atoms with E-state index >= 15 is 0 Å². The fourth-order valence-corrected chi connectivity index (χ4v) is 6.28. The van der Waals surface area contributed by atoms with E-state index in [-0.39, 0.29) is 10.0 Å². The lowest BCUT2D eigenvalue weighted by molar-refractivity contribution is -0.141. The van der Waals surface area contributed by atoms with Gasteiger partial charge >= 0.3 is 5.97 Å². The summed E-state index contributed by atoms with van der Waals surface area (Å²) >= 11 is 4.09. The minimum atomic E-state index is -0.132. The van der Waals surface area contributed by atoms with Crippen LogP contribution in [-0.2, 0) is 9.53 Å². The summed E-state index contributed by atoms with van der Waals surface area (Å²) in [4.78, 5) is 11.1. The highest BCUT2D eigenvalue weighted by Crippen LogP contribution is 2.52. The quantitative estimate of drug-likeness (QED) is 0.733. The zero-order valence-corrected chi connectivity index (χ0v) is 12.2. The predicted octanol–water partition coefficient (Wildman–Crippen LogP) is 3.70. The highest BCUT2D eigenvalue weighted by Gasteiger charge is 2.42. The van der Waals surface area contributed by atoms with Gasteiger partial charge in [0.1, 0.15) is 6.61 Å². The molecule has 0 bridgehead atoms. The summed E-state index contributed by atoms with van der Waals surface area (Å²) in [5.74, 6) is 3.06. The molecule has 0 aromatic heterocycles. The average molecular weight is 274 g/mol. The smallest absolute Gasteiger partial charge is 0.302 e. The first-order chi connectivity index (χ1) is 8.23. The van der Waals surface area contributed by atoms with E-state index in [1.807, 2.05) is 23.5 Å². The number of rotatable bonds is 3. The lowest BCUT2D eigenvalue weighted by Gasteiger charge is -2.43. The summed E-state index contributed by atoms with van der Waals surface area (Å²) in [7, 11) is 0. The van der Waals surface area contributed by atoms with Gasteiger partial charge in [0, 0.05) is 6.92 Å². The highest BCUT2D eigenvalue weighted by molar-refractivity contribution is 8.18. The molecule has 17 heavy (non-hydrogen) atoms. The first-order valence-corrected chi connectivity index (χ1v) is 8.61. The number of ether oxygens (including phenoxy) is 1. The molecular weight excluding hydrogens is 252 g/mol. The third-order valence-electron chi connectivity index (χ3n) is 3.69. The summed E-state index contributed by atoms with van der Waals surface area (Å²) < 4.78 is 5.53. The van der Waals surface area contributed by atoms with E-state index in [0.717, 1.165) is 5.92 Å². The molecule has 2 aliphatic rings. The zero-order valence-electron chi connectivity index (χ0n) is 10.6. The van der Waals surface area contributed by atoms with Crippen molar-refractivity contribution in [3.8, 4) is 0 Å². The monoisotopic (exact) mass is 274 g/mol. The molecule has 1 saturated carbocycles. The largest absolute Gasteiger partial charge is 0.463 e. The van der Waals surface area contributed by atoms with Gasteiger partial charge in [-0.1, -0.05) is 19.3 Å². The van der Waals surface area contributed by atoms with Crippen molar-refractivity contribution >= 4 is 29.5 Å². The van der Waals surface area contributed by atoms with Crippen molar-refractivity contribution in [2.45, 2.75) is 49.5 Å². The standard InChI is InChI=1S/C13H22O2S2/c1-11(14)15-10-13(16-8-5-9-17-13)12-6-3-2-4-7-12/h12H,2-10H2,1H3. The molecule has 1 aliphatic heterocycles. The molecule has 0 aromatic carbocycles. The molecule has 1 heterocycles. The van der Waals surface area contributed by atoms with Gasteiger partial charge in [-0.15, -0.1) is 23.5 Å². The van der Waals surface area contributed by atoms with Crippen molar-refractivity contribution in [3.63, 3.8) is 0 Å². The molecule has 0 amide bonds. The molecule has 2 rings (SSSR count). The number of carbonyl (C=O) groups excluding carboxylic acids is 1. The van der Waals surface area contributed by atoms with Crippen LogP contribution in [0.5, 0.6) is 0 Å². The molecule has 0 unspecified atom stereocenters. The van der Waals surface area contributed by atoms with Crippen molar-refractivity contribution in [2.75, 3.05) is 18.1 Å². The lowest BCUT2D eigenvalue weighted by atomic mass is 9.86. The molecule has 4 heteroatoms. The molecule has 1 aliphatic carbocycles. The Kier molecular flexibility index (Phi) is 5.10. The van der Waals surface area contributed by atoms with Crippen LogP contribution in [0.25, 0.3) is 0 Å². The second kappa shape index (κ2) is 6.37. The van der Waals surface area contributed by atoms with Crippen LogP contribution < -0.4 is 0 Å². The van der Waals surface area contributed by atoms with Crippen LogP contribution in [0.1, 0.15) is 45.4 Å². The summed E-state index contributed by atoms with van der Waals surface area (Å²) in [5.41, 5.74) is 0. The molecule has 0 radical (unpaired) electrons. The molecule has 2 nitrogen and oxygen atoms in total. The average Bonchev–Trinajstić information content (AvgIpc) is 2.39. The number of esters is 1. The van der Waals surface area contributed by atoms with E-state index in [4.69, 9.17) is 4.74 Å². The Morgan fingerprint density at radius 2 is 1.82 bits per heavy atom. The predicted molar refractivity (Wildman–Crippen MR) is 75.5 cm³/mol. The molecule has 2 fully saturated rings. The van der Waals surface area contributed by atoms with Gasteiger partial charge < -0.3 is 4.74 Å². The molecule has 0 aromatic rings. The van der Waals surface area contributed by atoms with Crippen molar-refractivity contribution in [3.05, 3.63) is 0 Å². The summed E-state index contributed by atoms with van der Waals surface area (Å²) in [6, 6.07) is 0. The van der Waals surface area contributed by atoms with Crippen LogP contribution in [0, 0.1) is 5.92 Å². The Balaban J connectivity index is 2.01. The highest BCUT2D eigenvalue weighted by atomic mass is 32.2. The van der Waals surface area contributed by atoms with Crippen molar-refractivity contribution in [1.29, 1.82) is 0 Å². The number of hydrogen-bond acceptors (Lipinski definition) is 4. The normalized spacial score (nSPS) is 25.5. The van der Waals surface area contributed by atoms with Crippen LogP contribution >= 0.6 is 23.5 Å². The molecular formula is C13H22O2S2. The maximum atomic E-state index is 11.1. The molecule has 1 saturated heterocycles. The first-order valence-electron chi connectivity index (χ1n) is 6.64. The van der Waals surface area contributed by atoms with Gasteiger partial charge in [-0.3, -0.25) is 4.79 Å². The number of carbonyl (C=O) groups is 1. The van der Waals surface area contributed by atoms with E-state index in [2.05, 4.69) is 0 Å². The van der Waals surface area contributed by atoms with Gasteiger partial charge in [0.25, 0.3) is 0 Å². The topological polar surface area (TPSA) is 26.3 Å². The molecule has 98 valence electrons. The van der Waals surface area contributed by atoms with Crippen LogP contribution in [0.2, 0.25) is 0 Å². The van der Waals surface area contributed by atoms with E-state index in [0.29, 0.717) is 6.61 Å². The van der Waals surface area contributed by atoms with Gasteiger partial charge in [0.05, 0.1) is 4.08 Å². The van der Waals surface area contributed by atoms with E-state index in [1.54, 1.807) is 0 Å². The first kappa shape index (κ1) is 13.6. The Bertz CT molecular complexity index is 256. The second-order valence-corrected chi connectivity index (χ2v) is 8.09. The van der Waals surface area contributed by atoms with Crippen LogP contribution in [0.15, 0.2) is 0 Å². The van der Waals surface area contributed by atoms with E-state index in [1.165, 1.54) is 57.0 Å². The fourth-order valence-electron chi connectivity index (χ4n) is 2.77. The minimum Gasteiger partial charge on any atom is -0.463 e. The molecule has 0 N–H and O–H groups in total. The Labute approximate surface area is 113 Å². The number of hydrogen-bond donors (Lipinski definition) is 0. The summed E-state index contributed by atoms with van der Waals surface area (Å²) in [6.45, 7) is 2.13. The van der Waals surface area contributed by atoms with E-state index in [9.17, 15) is 4.79 Å². The minimum absolute atomic E-state index is 0.132. The van der Waals surface area contributed by atoms with Gasteiger partial charge in [0.15, 0.2) is 0 Å². The van der Waals surface area contributed by atoms with Gasteiger partial charge in [-0.2, -0.15) is 0 Å². The summed E-state index contributed by atoms with van der Waals surface area (Å²) in [6.07, 6.45) is 8.03.